The van der Waals surface area contributed by atoms with E-state index >= 15 is 0 Å². The Kier molecular flexibility index (Phi) is 6.76. The Morgan fingerprint density at radius 1 is 0.638 bits per heavy atom. The second-order valence-electron chi connectivity index (χ2n) is 13.0. The van der Waals surface area contributed by atoms with Gasteiger partial charge in [0.25, 0.3) is 0 Å². The molecule has 0 radical (unpaired) electrons. The van der Waals surface area contributed by atoms with E-state index in [0.717, 1.165) is 22.4 Å². The maximum absolute atomic E-state index is 5.02. The minimum atomic E-state index is -0.0873. The molecule has 47 heavy (non-hydrogen) atoms. The third-order valence-corrected chi connectivity index (χ3v) is 9.61. The number of rotatable bonds is 5. The van der Waals surface area contributed by atoms with Crippen molar-refractivity contribution in [3.05, 3.63) is 150 Å². The molecule has 0 bridgehead atoms. The molecule has 2 heterocycles. The Balaban J connectivity index is 1.33. The molecule has 0 atom stereocenters. The summed E-state index contributed by atoms with van der Waals surface area (Å²) in [6, 6.07) is 40.7. The van der Waals surface area contributed by atoms with E-state index in [0.29, 0.717) is 17.5 Å². The van der Waals surface area contributed by atoms with E-state index in [1.807, 2.05) is 60.7 Å². The number of nitrogens with zero attached hydrogens (tertiary/aromatic N) is 4. The van der Waals surface area contributed by atoms with Gasteiger partial charge in [-0.3, -0.25) is 0 Å². The monoisotopic (exact) mass is 608 g/mol. The molecule has 1 aliphatic rings. The van der Waals surface area contributed by atoms with Gasteiger partial charge >= 0.3 is 0 Å². The van der Waals surface area contributed by atoms with E-state index < -0.39 is 0 Å². The second-order valence-corrected chi connectivity index (χ2v) is 13.0. The maximum Gasteiger partial charge on any atom is 0.164 e. The highest BCUT2D eigenvalue weighted by Gasteiger charge is 2.36. The molecule has 8 rings (SSSR count). The largest absolute Gasteiger partial charge is 0.313 e. The van der Waals surface area contributed by atoms with Gasteiger partial charge in [0.15, 0.2) is 17.5 Å². The predicted octanol–water partition coefficient (Wildman–Crippen LogP) is 10.9. The van der Waals surface area contributed by atoms with Gasteiger partial charge in [-0.15, -0.1) is 0 Å². The highest BCUT2D eigenvalue weighted by Crippen LogP contribution is 2.51. The van der Waals surface area contributed by atoms with Crippen molar-refractivity contribution in [1.29, 1.82) is 0 Å². The second kappa shape index (κ2) is 11.0. The van der Waals surface area contributed by atoms with Gasteiger partial charge in [0.1, 0.15) is 0 Å². The first-order valence-corrected chi connectivity index (χ1v) is 16.2. The maximum atomic E-state index is 5.02. The van der Waals surface area contributed by atoms with Crippen molar-refractivity contribution in [1.82, 2.24) is 19.5 Å². The molecule has 5 aromatic carbocycles. The van der Waals surface area contributed by atoms with Crippen LogP contribution in [0.5, 0.6) is 0 Å². The molecule has 0 amide bonds. The molecular weight excluding hydrogens is 573 g/mol. The lowest BCUT2D eigenvalue weighted by atomic mass is 9.82. The zero-order valence-electron chi connectivity index (χ0n) is 27.4. The van der Waals surface area contributed by atoms with Crippen molar-refractivity contribution < 1.29 is 0 Å². The third kappa shape index (κ3) is 4.71. The van der Waals surface area contributed by atoms with Crippen LogP contribution in [0.2, 0.25) is 0 Å². The van der Waals surface area contributed by atoms with Crippen LogP contribution in [0.3, 0.4) is 0 Å². The summed E-state index contributed by atoms with van der Waals surface area (Å²) < 4.78 is 2.41. The van der Waals surface area contributed by atoms with Gasteiger partial charge < -0.3 is 4.57 Å². The van der Waals surface area contributed by atoms with Gasteiger partial charge in [-0.25, -0.2) is 15.0 Å². The molecule has 1 aliphatic carbocycles. The first-order chi connectivity index (χ1) is 22.8. The SMILES string of the molecule is C/C=C(\C=C(/C)n1c2ccc(C)cc2c2cc3c(cc21)C(C)(C)c1ccccc1-3)c1nc(-c2ccccc2)nc(-c2ccccc2)n1. The van der Waals surface area contributed by atoms with Crippen molar-refractivity contribution in [2.75, 3.05) is 0 Å². The van der Waals surface area contributed by atoms with Gasteiger partial charge in [0, 0.05) is 38.6 Å². The highest BCUT2D eigenvalue weighted by molar-refractivity contribution is 6.12. The molecule has 0 saturated carbocycles. The standard InChI is InChI=1S/C43H36N4/c1-6-29(40-44-41(30-15-9-7-10-16-30)46-42(45-40)31-17-11-8-12-18-31)24-28(3)47-38-22-21-27(2)23-34(38)35-25-33-32-19-13-14-20-36(32)43(4,5)37(33)26-39(35)47/h6-26H,1-5H3/b28-24+,29-6+. The fourth-order valence-corrected chi connectivity index (χ4v) is 7.21. The molecule has 4 heteroatoms. The predicted molar refractivity (Wildman–Crippen MR) is 196 cm³/mol. The van der Waals surface area contributed by atoms with Crippen LogP contribution in [-0.2, 0) is 5.41 Å². The van der Waals surface area contributed by atoms with Crippen LogP contribution in [0.25, 0.3) is 67.0 Å². The number of hydrogen-bond donors (Lipinski definition) is 0. The molecule has 7 aromatic rings. The fraction of sp³-hybridized carbons (Fsp3) is 0.140. The number of aromatic nitrogens is 4. The van der Waals surface area contributed by atoms with E-state index in [4.69, 9.17) is 15.0 Å². The number of benzene rings is 5. The third-order valence-electron chi connectivity index (χ3n) is 9.61. The molecule has 0 N–H and O–H groups in total. The van der Waals surface area contributed by atoms with Gasteiger partial charge in [-0.2, -0.15) is 0 Å². The Morgan fingerprint density at radius 2 is 1.26 bits per heavy atom. The van der Waals surface area contributed by atoms with Crippen molar-refractivity contribution in [2.45, 2.75) is 40.0 Å². The lowest BCUT2D eigenvalue weighted by molar-refractivity contribution is 0.661. The fourth-order valence-electron chi connectivity index (χ4n) is 7.21. The Hall–Kier alpha value is -5.61. The number of fused-ring (bicyclic) bond motifs is 6. The summed E-state index contributed by atoms with van der Waals surface area (Å²) in [6.07, 6.45) is 4.31. The van der Waals surface area contributed by atoms with Gasteiger partial charge in [0.2, 0.25) is 0 Å². The first-order valence-electron chi connectivity index (χ1n) is 16.2. The normalized spacial score (nSPS) is 14.1. The molecule has 0 unspecified atom stereocenters. The zero-order valence-corrected chi connectivity index (χ0v) is 27.4. The smallest absolute Gasteiger partial charge is 0.164 e. The first kappa shape index (κ1) is 28.8. The summed E-state index contributed by atoms with van der Waals surface area (Å²) in [6.45, 7) is 11.1. The molecule has 0 saturated heterocycles. The summed E-state index contributed by atoms with van der Waals surface area (Å²) in [5.41, 5.74) is 12.9. The summed E-state index contributed by atoms with van der Waals surface area (Å²) in [7, 11) is 0. The number of hydrogen-bond acceptors (Lipinski definition) is 3. The van der Waals surface area contributed by atoms with Gasteiger partial charge in [-0.1, -0.05) is 116 Å². The number of allylic oxidation sites excluding steroid dienone is 4. The molecule has 0 aliphatic heterocycles. The van der Waals surface area contributed by atoms with Crippen molar-refractivity contribution in [3.8, 4) is 33.9 Å². The summed E-state index contributed by atoms with van der Waals surface area (Å²) in [5.74, 6) is 1.96. The Labute approximate surface area is 275 Å². The lowest BCUT2D eigenvalue weighted by Gasteiger charge is -2.21. The van der Waals surface area contributed by atoms with E-state index in [2.05, 4.69) is 106 Å². The average molecular weight is 609 g/mol. The minimum absolute atomic E-state index is 0.0873. The van der Waals surface area contributed by atoms with Gasteiger partial charge in [0.05, 0.1) is 11.0 Å². The van der Waals surface area contributed by atoms with E-state index in [1.54, 1.807) is 0 Å². The van der Waals surface area contributed by atoms with Crippen LogP contribution in [-0.4, -0.2) is 19.5 Å². The van der Waals surface area contributed by atoms with Crippen LogP contribution in [0.15, 0.2) is 127 Å². The topological polar surface area (TPSA) is 43.6 Å². The van der Waals surface area contributed by atoms with E-state index in [9.17, 15) is 0 Å². The molecule has 228 valence electrons. The van der Waals surface area contributed by atoms with Crippen LogP contribution < -0.4 is 0 Å². The van der Waals surface area contributed by atoms with Crippen LogP contribution in [0.4, 0.5) is 0 Å². The molecule has 2 aromatic heterocycles. The minimum Gasteiger partial charge on any atom is -0.313 e. The Bertz CT molecular complexity index is 2340. The summed E-state index contributed by atoms with van der Waals surface area (Å²) >= 11 is 0. The number of aryl methyl sites for hydroxylation is 1. The molecular formula is C43H36N4. The Morgan fingerprint density at radius 3 is 1.91 bits per heavy atom. The van der Waals surface area contributed by atoms with E-state index in [1.165, 1.54) is 49.6 Å². The van der Waals surface area contributed by atoms with Crippen LogP contribution in [0, 0.1) is 6.92 Å². The van der Waals surface area contributed by atoms with E-state index in [-0.39, 0.29) is 5.41 Å². The zero-order chi connectivity index (χ0) is 32.3. The van der Waals surface area contributed by atoms with Gasteiger partial charge in [-0.05, 0) is 73.4 Å². The molecule has 0 spiro atoms. The highest BCUT2D eigenvalue weighted by atomic mass is 15.0. The average Bonchev–Trinajstić information content (AvgIpc) is 3.54. The summed E-state index contributed by atoms with van der Waals surface area (Å²) in [5, 5.41) is 2.53. The van der Waals surface area contributed by atoms with Crippen LogP contribution in [0.1, 0.15) is 50.2 Å². The van der Waals surface area contributed by atoms with Crippen LogP contribution >= 0.6 is 0 Å². The molecule has 0 fully saturated rings. The quantitative estimate of drug-likeness (QED) is 0.183. The van der Waals surface area contributed by atoms with Crippen molar-refractivity contribution in [2.24, 2.45) is 0 Å². The van der Waals surface area contributed by atoms with Crippen molar-refractivity contribution in [3.63, 3.8) is 0 Å². The molecule has 4 nitrogen and oxygen atoms in total. The van der Waals surface area contributed by atoms with Crippen molar-refractivity contribution >= 4 is 33.1 Å². The lowest BCUT2D eigenvalue weighted by Crippen LogP contribution is -2.15. The summed E-state index contributed by atoms with van der Waals surface area (Å²) in [4.78, 5) is 14.9.